The van der Waals surface area contributed by atoms with E-state index in [1.807, 2.05) is 79.2 Å². The molecule has 0 aliphatic carbocycles. The Kier molecular flexibility index (Phi) is 5.21. The van der Waals surface area contributed by atoms with Gasteiger partial charge in [0.15, 0.2) is 0 Å². The van der Waals surface area contributed by atoms with E-state index >= 15 is 0 Å². The number of benzene rings is 3. The average molecular weight is 443 g/mol. The van der Waals surface area contributed by atoms with E-state index < -0.39 is 17.7 Å². The largest absolute Gasteiger partial charge is 0.322 e. The van der Waals surface area contributed by atoms with Gasteiger partial charge in [-0.25, -0.2) is 13.6 Å². The van der Waals surface area contributed by atoms with Crippen molar-refractivity contribution >= 4 is 11.7 Å². The quantitative estimate of drug-likeness (QED) is 0.377. The number of amides is 2. The minimum atomic E-state index is -0.691. The lowest BCUT2D eigenvalue weighted by Crippen LogP contribution is -2.38. The van der Waals surface area contributed by atoms with Crippen molar-refractivity contribution in [1.82, 2.24) is 9.47 Å². The molecule has 0 bridgehead atoms. The van der Waals surface area contributed by atoms with Gasteiger partial charge in [-0.2, -0.15) is 0 Å². The van der Waals surface area contributed by atoms with Gasteiger partial charge in [0.2, 0.25) is 0 Å². The third-order valence-corrected chi connectivity index (χ3v) is 6.18. The van der Waals surface area contributed by atoms with E-state index in [-0.39, 0.29) is 12.6 Å². The Balaban J connectivity index is 1.64. The van der Waals surface area contributed by atoms with Gasteiger partial charge in [-0.15, -0.1) is 0 Å². The van der Waals surface area contributed by atoms with E-state index in [1.54, 1.807) is 4.90 Å². The van der Waals surface area contributed by atoms with Crippen LogP contribution in [-0.4, -0.2) is 15.5 Å². The number of aromatic nitrogens is 1. The predicted molar refractivity (Wildman–Crippen MR) is 124 cm³/mol. The van der Waals surface area contributed by atoms with Gasteiger partial charge in [-0.05, 0) is 78.6 Å². The van der Waals surface area contributed by atoms with Crippen LogP contribution in [0.3, 0.4) is 0 Å². The zero-order chi connectivity index (χ0) is 23.1. The summed E-state index contributed by atoms with van der Waals surface area (Å²) in [6.45, 7) is 4.27. The number of nitrogens with one attached hydrogen (secondary N) is 1. The fraction of sp³-hybridized carbons (Fsp3) is 0.148. The van der Waals surface area contributed by atoms with Crippen LogP contribution in [0.5, 0.6) is 0 Å². The van der Waals surface area contributed by atoms with Crippen LogP contribution in [0.15, 0.2) is 79.0 Å². The van der Waals surface area contributed by atoms with Gasteiger partial charge in [0.1, 0.15) is 11.6 Å². The van der Waals surface area contributed by atoms with E-state index in [2.05, 4.69) is 5.32 Å². The van der Waals surface area contributed by atoms with Crippen LogP contribution in [0, 0.1) is 25.5 Å². The van der Waals surface area contributed by atoms with Gasteiger partial charge >= 0.3 is 6.03 Å². The highest BCUT2D eigenvalue weighted by molar-refractivity contribution is 5.90. The molecule has 1 atom stereocenters. The number of nitrogens with zero attached hydrogens (tertiary/aromatic N) is 2. The van der Waals surface area contributed by atoms with Gasteiger partial charge in [-0.3, -0.25) is 0 Å². The smallest absolute Gasteiger partial charge is 0.318 e. The fourth-order valence-electron chi connectivity index (χ4n) is 4.44. The predicted octanol–water partition coefficient (Wildman–Crippen LogP) is 6.51. The molecule has 33 heavy (non-hydrogen) atoms. The molecule has 0 fully saturated rings. The summed E-state index contributed by atoms with van der Waals surface area (Å²) in [5.74, 6) is -1.36. The minimum absolute atomic E-state index is 0.275. The van der Waals surface area contributed by atoms with Crippen molar-refractivity contribution in [3.05, 3.63) is 119 Å². The Hall–Kier alpha value is -3.93. The number of carbonyl (C=O) groups is 1. The highest BCUT2D eigenvalue weighted by atomic mass is 19.1. The molecule has 166 valence electrons. The van der Waals surface area contributed by atoms with Crippen LogP contribution in [0.1, 0.15) is 34.0 Å². The second-order valence-corrected chi connectivity index (χ2v) is 8.39. The van der Waals surface area contributed by atoms with Gasteiger partial charge in [0.05, 0.1) is 18.3 Å². The molecule has 2 heterocycles. The summed E-state index contributed by atoms with van der Waals surface area (Å²) in [6, 6.07) is 19.6. The van der Waals surface area contributed by atoms with E-state index in [0.29, 0.717) is 11.3 Å². The van der Waals surface area contributed by atoms with Crippen LogP contribution >= 0.6 is 0 Å². The Morgan fingerprint density at radius 2 is 1.67 bits per heavy atom. The number of rotatable bonds is 2. The number of anilines is 1. The summed E-state index contributed by atoms with van der Waals surface area (Å²) in [7, 11) is 0. The minimum Gasteiger partial charge on any atom is -0.318 e. The van der Waals surface area contributed by atoms with E-state index in [9.17, 15) is 13.6 Å². The van der Waals surface area contributed by atoms with E-state index in [4.69, 9.17) is 0 Å². The third-order valence-electron chi connectivity index (χ3n) is 6.18. The van der Waals surface area contributed by atoms with Crippen molar-refractivity contribution < 1.29 is 13.6 Å². The molecular formula is C27H23F2N3O. The Morgan fingerprint density at radius 1 is 0.909 bits per heavy atom. The first-order valence-electron chi connectivity index (χ1n) is 10.8. The number of hydrogen-bond acceptors (Lipinski definition) is 1. The molecule has 3 aromatic carbocycles. The molecule has 1 N–H and O–H groups in total. The first-order valence-corrected chi connectivity index (χ1v) is 10.8. The second-order valence-electron chi connectivity index (χ2n) is 8.39. The van der Waals surface area contributed by atoms with Gasteiger partial charge in [-0.1, -0.05) is 24.3 Å². The maximum atomic E-state index is 14.2. The molecule has 0 radical (unpaired) electrons. The summed E-state index contributed by atoms with van der Waals surface area (Å²) in [5.41, 5.74) is 5.84. The molecule has 1 aliphatic rings. The van der Waals surface area contributed by atoms with Gasteiger partial charge < -0.3 is 14.8 Å². The lowest BCUT2D eigenvalue weighted by Gasteiger charge is -2.31. The van der Waals surface area contributed by atoms with Crippen molar-refractivity contribution in [2.45, 2.75) is 26.4 Å². The topological polar surface area (TPSA) is 37.3 Å². The summed E-state index contributed by atoms with van der Waals surface area (Å²) >= 11 is 0. The van der Waals surface area contributed by atoms with Crippen molar-refractivity contribution in [2.75, 3.05) is 5.32 Å². The molecule has 5 rings (SSSR count). The molecule has 4 aromatic rings. The zero-order valence-corrected chi connectivity index (χ0v) is 18.3. The molecule has 1 aromatic heterocycles. The lowest BCUT2D eigenvalue weighted by atomic mass is 10.0. The maximum Gasteiger partial charge on any atom is 0.322 e. The highest BCUT2D eigenvalue weighted by Crippen LogP contribution is 2.37. The average Bonchev–Trinajstić information content (AvgIpc) is 3.19. The maximum absolute atomic E-state index is 14.2. The molecule has 0 saturated carbocycles. The zero-order valence-electron chi connectivity index (χ0n) is 18.3. The van der Waals surface area contributed by atoms with Crippen LogP contribution < -0.4 is 5.32 Å². The molecular weight excluding hydrogens is 420 g/mol. The van der Waals surface area contributed by atoms with Crippen LogP contribution in [0.25, 0.3) is 5.69 Å². The third kappa shape index (κ3) is 3.89. The highest BCUT2D eigenvalue weighted by Gasteiger charge is 2.33. The molecule has 0 unspecified atom stereocenters. The first kappa shape index (κ1) is 20.9. The summed E-state index contributed by atoms with van der Waals surface area (Å²) in [5, 5.41) is 2.98. The molecule has 0 spiro atoms. The molecule has 0 saturated heterocycles. The standard InChI is InChI=1S/C27H23F2N3O/c1-17-9-10-23(12-18(17)2)30-27(33)32-16-19-6-3-4-7-24(19)31-11-5-8-25(31)26(32)20-13-21(28)15-22(29)14-20/h3-15,26H,16H2,1-2H3,(H,30,33)/t26-/m0/s1. The number of para-hydroxylation sites is 1. The monoisotopic (exact) mass is 443 g/mol. The fourth-order valence-corrected chi connectivity index (χ4v) is 4.44. The van der Waals surface area contributed by atoms with Crippen LogP contribution in [0.4, 0.5) is 19.3 Å². The summed E-state index contributed by atoms with van der Waals surface area (Å²) in [6.07, 6.45) is 1.90. The van der Waals surface area contributed by atoms with Crippen molar-refractivity contribution in [2.24, 2.45) is 0 Å². The van der Waals surface area contributed by atoms with Crippen molar-refractivity contribution in [3.8, 4) is 5.69 Å². The second kappa shape index (κ2) is 8.20. The number of carbonyl (C=O) groups excluding carboxylic acids is 1. The van der Waals surface area contributed by atoms with Gasteiger partial charge in [0, 0.05) is 23.6 Å². The SMILES string of the molecule is Cc1ccc(NC(=O)N2Cc3ccccc3-n3cccc3[C@@H]2c2cc(F)cc(F)c2)cc1C. The lowest BCUT2D eigenvalue weighted by molar-refractivity contribution is 0.194. The number of fused-ring (bicyclic) bond motifs is 3. The van der Waals surface area contributed by atoms with E-state index in [0.717, 1.165) is 34.1 Å². The number of hydrogen-bond donors (Lipinski definition) is 1. The Morgan fingerprint density at radius 3 is 2.42 bits per heavy atom. The number of aryl methyl sites for hydroxylation is 2. The number of urea groups is 1. The summed E-state index contributed by atoms with van der Waals surface area (Å²) in [4.78, 5) is 15.3. The Bertz CT molecular complexity index is 1340. The van der Waals surface area contributed by atoms with Crippen LogP contribution in [0.2, 0.25) is 0 Å². The number of halogens is 2. The van der Waals surface area contributed by atoms with Crippen molar-refractivity contribution in [3.63, 3.8) is 0 Å². The van der Waals surface area contributed by atoms with Crippen molar-refractivity contribution in [1.29, 1.82) is 0 Å². The summed E-state index contributed by atoms with van der Waals surface area (Å²) < 4.78 is 30.5. The molecule has 4 nitrogen and oxygen atoms in total. The molecule has 6 heteroatoms. The normalized spacial score (nSPS) is 14.9. The van der Waals surface area contributed by atoms with Gasteiger partial charge in [0.25, 0.3) is 0 Å². The first-order chi connectivity index (χ1) is 15.9. The van der Waals surface area contributed by atoms with Crippen LogP contribution in [-0.2, 0) is 6.54 Å². The van der Waals surface area contributed by atoms with E-state index in [1.165, 1.54) is 12.1 Å². The Labute approximate surface area is 191 Å². The molecule has 1 aliphatic heterocycles. The molecule has 2 amide bonds.